The van der Waals surface area contributed by atoms with Crippen LogP contribution in [-0.2, 0) is 11.8 Å². The van der Waals surface area contributed by atoms with Crippen LogP contribution in [0.2, 0.25) is 0 Å². The van der Waals surface area contributed by atoms with Crippen molar-refractivity contribution in [3.63, 3.8) is 0 Å². The van der Waals surface area contributed by atoms with E-state index in [2.05, 4.69) is 32.8 Å². The van der Waals surface area contributed by atoms with Gasteiger partial charge in [-0.05, 0) is 37.8 Å². The van der Waals surface area contributed by atoms with Gasteiger partial charge in [-0.15, -0.1) is 12.3 Å². The van der Waals surface area contributed by atoms with E-state index in [1.54, 1.807) is 0 Å². The van der Waals surface area contributed by atoms with Gasteiger partial charge in [0.2, 0.25) is 0 Å². The summed E-state index contributed by atoms with van der Waals surface area (Å²) in [7, 11) is 0. The van der Waals surface area contributed by atoms with Crippen molar-refractivity contribution in [2.75, 3.05) is 0 Å². The molecule has 0 aliphatic rings. The van der Waals surface area contributed by atoms with Crippen molar-refractivity contribution in [2.24, 2.45) is 0 Å². The van der Waals surface area contributed by atoms with Gasteiger partial charge in [0.05, 0.1) is 0 Å². The molecule has 0 atom stereocenters. The summed E-state index contributed by atoms with van der Waals surface area (Å²) in [4.78, 5) is 0. The molecule has 0 aromatic carbocycles. The first-order valence-electron chi connectivity index (χ1n) is 5.98. The highest BCUT2D eigenvalue weighted by atomic mass is 16.3. The van der Waals surface area contributed by atoms with Crippen LogP contribution >= 0.6 is 0 Å². The van der Waals surface area contributed by atoms with E-state index >= 15 is 0 Å². The third kappa shape index (κ3) is 3.45. The van der Waals surface area contributed by atoms with Crippen LogP contribution in [-0.4, -0.2) is 0 Å². The third-order valence-corrected chi connectivity index (χ3v) is 2.78. The zero-order chi connectivity index (χ0) is 12.2. The van der Waals surface area contributed by atoms with Crippen LogP contribution in [0, 0.1) is 19.3 Å². The largest absolute Gasteiger partial charge is 0.466 e. The summed E-state index contributed by atoms with van der Waals surface area (Å²) >= 11 is 0. The SMILES string of the molecule is C#CCCCCc1cc(C(C)(C)C)oc1C. The molecule has 16 heavy (non-hydrogen) atoms. The van der Waals surface area contributed by atoms with Crippen molar-refractivity contribution in [3.8, 4) is 12.3 Å². The van der Waals surface area contributed by atoms with Crippen LogP contribution in [0.15, 0.2) is 10.5 Å². The molecule has 0 aliphatic carbocycles. The van der Waals surface area contributed by atoms with E-state index in [0.717, 1.165) is 37.2 Å². The molecular weight excluding hydrogens is 196 g/mol. The Morgan fingerprint density at radius 2 is 2.00 bits per heavy atom. The Hall–Kier alpha value is -1.16. The Morgan fingerprint density at radius 1 is 1.31 bits per heavy atom. The van der Waals surface area contributed by atoms with Crippen molar-refractivity contribution in [1.29, 1.82) is 0 Å². The fourth-order valence-electron chi connectivity index (χ4n) is 1.68. The molecule has 0 aliphatic heterocycles. The minimum Gasteiger partial charge on any atom is -0.466 e. The molecule has 1 aromatic rings. The van der Waals surface area contributed by atoms with E-state index in [1.807, 2.05) is 6.92 Å². The second-order valence-electron chi connectivity index (χ2n) is 5.35. The molecule has 1 rings (SSSR count). The normalized spacial score (nSPS) is 11.4. The predicted molar refractivity (Wildman–Crippen MR) is 68.5 cm³/mol. The fraction of sp³-hybridized carbons (Fsp3) is 0.600. The van der Waals surface area contributed by atoms with Crippen LogP contribution in [0.25, 0.3) is 0 Å². The Balaban J connectivity index is 2.61. The molecule has 1 nitrogen and oxygen atoms in total. The van der Waals surface area contributed by atoms with Gasteiger partial charge in [0.25, 0.3) is 0 Å². The minimum atomic E-state index is 0.0990. The van der Waals surface area contributed by atoms with Crippen molar-refractivity contribution < 1.29 is 4.42 Å². The predicted octanol–water partition coefficient (Wildman–Crippen LogP) is 4.23. The van der Waals surface area contributed by atoms with Gasteiger partial charge >= 0.3 is 0 Å². The van der Waals surface area contributed by atoms with Crippen molar-refractivity contribution in [1.82, 2.24) is 0 Å². The molecule has 0 bridgehead atoms. The van der Waals surface area contributed by atoms with E-state index in [-0.39, 0.29) is 5.41 Å². The van der Waals surface area contributed by atoms with E-state index in [1.165, 1.54) is 5.56 Å². The maximum Gasteiger partial charge on any atom is 0.109 e. The molecule has 1 heterocycles. The number of furan rings is 1. The second-order valence-corrected chi connectivity index (χ2v) is 5.35. The van der Waals surface area contributed by atoms with Crippen molar-refractivity contribution in [2.45, 2.75) is 58.8 Å². The number of unbranched alkanes of at least 4 members (excludes halogenated alkanes) is 2. The summed E-state index contributed by atoms with van der Waals surface area (Å²) in [5, 5.41) is 0. The quantitative estimate of drug-likeness (QED) is 0.544. The van der Waals surface area contributed by atoms with Gasteiger partial charge in [0.1, 0.15) is 11.5 Å². The highest BCUT2D eigenvalue weighted by Crippen LogP contribution is 2.27. The third-order valence-electron chi connectivity index (χ3n) is 2.78. The number of hydrogen-bond acceptors (Lipinski definition) is 1. The summed E-state index contributed by atoms with van der Waals surface area (Å²) in [6.45, 7) is 8.57. The van der Waals surface area contributed by atoms with Gasteiger partial charge in [0.15, 0.2) is 0 Å². The smallest absolute Gasteiger partial charge is 0.109 e. The Kier molecular flexibility index (Phi) is 4.24. The van der Waals surface area contributed by atoms with Crippen molar-refractivity contribution in [3.05, 3.63) is 23.2 Å². The molecule has 0 saturated carbocycles. The molecule has 0 fully saturated rings. The van der Waals surface area contributed by atoms with Crippen LogP contribution in [0.4, 0.5) is 0 Å². The lowest BCUT2D eigenvalue weighted by Crippen LogP contribution is -2.09. The summed E-state index contributed by atoms with van der Waals surface area (Å²) in [6.07, 6.45) is 9.44. The summed E-state index contributed by atoms with van der Waals surface area (Å²) in [5.41, 5.74) is 1.43. The maximum absolute atomic E-state index is 5.80. The Labute approximate surface area is 99.2 Å². The van der Waals surface area contributed by atoms with E-state index in [4.69, 9.17) is 10.8 Å². The number of aryl methyl sites for hydroxylation is 2. The second kappa shape index (κ2) is 5.25. The highest BCUT2D eigenvalue weighted by Gasteiger charge is 2.19. The zero-order valence-electron chi connectivity index (χ0n) is 10.9. The van der Waals surface area contributed by atoms with Crippen LogP contribution < -0.4 is 0 Å². The van der Waals surface area contributed by atoms with Crippen LogP contribution in [0.3, 0.4) is 0 Å². The lowest BCUT2D eigenvalue weighted by molar-refractivity contribution is 0.394. The monoisotopic (exact) mass is 218 g/mol. The molecular formula is C15H22O. The average Bonchev–Trinajstić information content (AvgIpc) is 2.55. The van der Waals surface area contributed by atoms with Crippen LogP contribution in [0.1, 0.15) is 57.1 Å². The number of rotatable bonds is 4. The highest BCUT2D eigenvalue weighted by molar-refractivity contribution is 5.24. The topological polar surface area (TPSA) is 13.1 Å². The van der Waals surface area contributed by atoms with Gasteiger partial charge in [0, 0.05) is 11.8 Å². The number of hydrogen-bond donors (Lipinski definition) is 0. The molecule has 0 radical (unpaired) electrons. The zero-order valence-corrected chi connectivity index (χ0v) is 10.9. The van der Waals surface area contributed by atoms with Gasteiger partial charge in [-0.2, -0.15) is 0 Å². The lowest BCUT2D eigenvalue weighted by Gasteiger charge is -2.13. The van der Waals surface area contributed by atoms with E-state index in [0.29, 0.717) is 0 Å². The maximum atomic E-state index is 5.80. The van der Waals surface area contributed by atoms with E-state index < -0.39 is 0 Å². The van der Waals surface area contributed by atoms with E-state index in [9.17, 15) is 0 Å². The molecule has 1 aromatic heterocycles. The Bertz CT molecular complexity index is 371. The summed E-state index contributed by atoms with van der Waals surface area (Å²) in [5.74, 6) is 4.82. The molecule has 88 valence electrons. The molecule has 0 amide bonds. The molecule has 1 heteroatoms. The fourth-order valence-corrected chi connectivity index (χ4v) is 1.68. The Morgan fingerprint density at radius 3 is 2.50 bits per heavy atom. The first-order valence-corrected chi connectivity index (χ1v) is 5.98. The molecule has 0 spiro atoms. The van der Waals surface area contributed by atoms with Crippen molar-refractivity contribution >= 4 is 0 Å². The summed E-state index contributed by atoms with van der Waals surface area (Å²) < 4.78 is 5.80. The molecule has 0 unspecified atom stereocenters. The first kappa shape index (κ1) is 12.9. The van der Waals surface area contributed by atoms with Gasteiger partial charge in [-0.3, -0.25) is 0 Å². The van der Waals surface area contributed by atoms with Gasteiger partial charge in [-0.1, -0.05) is 20.8 Å². The first-order chi connectivity index (χ1) is 7.45. The van der Waals surface area contributed by atoms with Gasteiger partial charge < -0.3 is 4.42 Å². The van der Waals surface area contributed by atoms with Crippen LogP contribution in [0.5, 0.6) is 0 Å². The lowest BCUT2D eigenvalue weighted by atomic mass is 9.92. The molecule has 0 saturated heterocycles. The van der Waals surface area contributed by atoms with Gasteiger partial charge in [-0.25, -0.2) is 0 Å². The standard InChI is InChI=1S/C15H22O/c1-6-7-8-9-10-13-11-14(15(3,4)5)16-12(13)2/h1,11H,7-10H2,2-5H3. The minimum absolute atomic E-state index is 0.0990. The summed E-state index contributed by atoms with van der Waals surface area (Å²) in [6, 6.07) is 2.20. The average molecular weight is 218 g/mol. The molecule has 0 N–H and O–H groups in total. The number of terminal acetylenes is 1.